The van der Waals surface area contributed by atoms with E-state index in [4.69, 9.17) is 0 Å². The summed E-state index contributed by atoms with van der Waals surface area (Å²) in [4.78, 5) is 37.0. The van der Waals surface area contributed by atoms with E-state index in [0.29, 0.717) is 24.0 Å². The van der Waals surface area contributed by atoms with Crippen molar-refractivity contribution in [1.29, 1.82) is 0 Å². The molecule has 0 radical (unpaired) electrons. The van der Waals surface area contributed by atoms with Crippen LogP contribution >= 0.6 is 0 Å². The van der Waals surface area contributed by atoms with Crippen LogP contribution in [0.3, 0.4) is 0 Å². The van der Waals surface area contributed by atoms with Gasteiger partial charge in [-0.05, 0) is 25.0 Å². The van der Waals surface area contributed by atoms with Crippen molar-refractivity contribution in [2.75, 3.05) is 7.11 Å². The summed E-state index contributed by atoms with van der Waals surface area (Å²) in [7, 11) is 1.34. The van der Waals surface area contributed by atoms with Crippen LogP contribution in [0.25, 0.3) is 0 Å². The van der Waals surface area contributed by atoms with Crippen LogP contribution in [-0.4, -0.2) is 35.8 Å². The lowest BCUT2D eigenvalue weighted by Crippen LogP contribution is -2.49. The lowest BCUT2D eigenvalue weighted by atomic mass is 9.79. The number of fused-ring (bicyclic) bond motifs is 1. The van der Waals surface area contributed by atoms with E-state index < -0.39 is 0 Å². The fraction of sp³-hybridized carbons (Fsp3) is 0.357. The molecule has 0 bridgehead atoms. The summed E-state index contributed by atoms with van der Waals surface area (Å²) in [5.74, 6) is -0.977. The zero-order valence-corrected chi connectivity index (χ0v) is 10.5. The van der Waals surface area contributed by atoms with Crippen LogP contribution in [-0.2, 0) is 9.53 Å². The lowest BCUT2D eigenvalue weighted by molar-refractivity contribution is -0.150. The van der Waals surface area contributed by atoms with Crippen LogP contribution in [0.15, 0.2) is 24.3 Å². The van der Waals surface area contributed by atoms with Crippen molar-refractivity contribution in [3.63, 3.8) is 0 Å². The Morgan fingerprint density at radius 2 is 1.68 bits per heavy atom. The third kappa shape index (κ3) is 1.65. The fourth-order valence-corrected chi connectivity index (χ4v) is 2.70. The SMILES string of the molecule is COC(=O)[C@H]1C[C@H](N2C(=O)c3ccccc3C2=O)C1. The molecule has 98 valence electrons. The highest BCUT2D eigenvalue weighted by Gasteiger charge is 2.47. The highest BCUT2D eigenvalue weighted by molar-refractivity contribution is 6.21. The van der Waals surface area contributed by atoms with Gasteiger partial charge in [-0.2, -0.15) is 0 Å². The summed E-state index contributed by atoms with van der Waals surface area (Å²) in [6.07, 6.45) is 0.996. The van der Waals surface area contributed by atoms with Gasteiger partial charge in [-0.1, -0.05) is 12.1 Å². The number of esters is 1. The lowest BCUT2D eigenvalue weighted by Gasteiger charge is -2.38. The summed E-state index contributed by atoms with van der Waals surface area (Å²) in [6, 6.07) is 6.62. The summed E-state index contributed by atoms with van der Waals surface area (Å²) >= 11 is 0. The van der Waals surface area contributed by atoms with Crippen molar-refractivity contribution in [2.24, 2.45) is 5.92 Å². The van der Waals surface area contributed by atoms with Crippen LogP contribution in [0.5, 0.6) is 0 Å². The molecule has 1 aromatic rings. The number of rotatable bonds is 2. The van der Waals surface area contributed by atoms with Gasteiger partial charge in [-0.25, -0.2) is 0 Å². The second kappa shape index (κ2) is 4.19. The Bertz CT molecular complexity index is 540. The van der Waals surface area contributed by atoms with Crippen molar-refractivity contribution in [3.8, 4) is 0 Å². The average molecular weight is 259 g/mol. The zero-order valence-electron chi connectivity index (χ0n) is 10.5. The van der Waals surface area contributed by atoms with Gasteiger partial charge in [0.05, 0.1) is 24.2 Å². The number of imide groups is 1. The van der Waals surface area contributed by atoms with Crippen LogP contribution < -0.4 is 0 Å². The Labute approximate surface area is 110 Å². The first-order valence-corrected chi connectivity index (χ1v) is 6.18. The van der Waals surface area contributed by atoms with Crippen LogP contribution in [0.4, 0.5) is 0 Å². The van der Waals surface area contributed by atoms with Crippen LogP contribution in [0, 0.1) is 5.92 Å². The maximum absolute atomic E-state index is 12.2. The minimum absolute atomic E-state index is 0.184. The fourth-order valence-electron chi connectivity index (χ4n) is 2.70. The van der Waals surface area contributed by atoms with Gasteiger partial charge in [0, 0.05) is 6.04 Å². The van der Waals surface area contributed by atoms with E-state index in [9.17, 15) is 14.4 Å². The predicted octanol–water partition coefficient (Wildman–Crippen LogP) is 1.23. The molecule has 1 aliphatic heterocycles. The van der Waals surface area contributed by atoms with Crippen molar-refractivity contribution < 1.29 is 19.1 Å². The zero-order chi connectivity index (χ0) is 13.6. The van der Waals surface area contributed by atoms with Gasteiger partial charge in [0.2, 0.25) is 0 Å². The molecular formula is C14H13NO4. The second-order valence-corrected chi connectivity index (χ2v) is 4.87. The molecule has 2 aliphatic rings. The monoisotopic (exact) mass is 259 g/mol. The first-order chi connectivity index (χ1) is 9.13. The van der Waals surface area contributed by atoms with E-state index >= 15 is 0 Å². The molecule has 5 nitrogen and oxygen atoms in total. The molecule has 0 spiro atoms. The van der Waals surface area contributed by atoms with Crippen molar-refractivity contribution >= 4 is 17.8 Å². The molecule has 19 heavy (non-hydrogen) atoms. The number of ether oxygens (including phenoxy) is 1. The number of carbonyl (C=O) groups excluding carboxylic acids is 3. The molecule has 2 amide bonds. The topological polar surface area (TPSA) is 63.7 Å². The Morgan fingerprint density at radius 1 is 1.16 bits per heavy atom. The van der Waals surface area contributed by atoms with Crippen LogP contribution in [0.2, 0.25) is 0 Å². The molecule has 1 saturated carbocycles. The molecule has 0 unspecified atom stereocenters. The summed E-state index contributed by atoms with van der Waals surface area (Å²) in [6.45, 7) is 0. The van der Waals surface area contributed by atoms with Crippen molar-refractivity contribution in [1.82, 2.24) is 4.90 Å². The highest BCUT2D eigenvalue weighted by Crippen LogP contribution is 2.37. The summed E-state index contributed by atoms with van der Waals surface area (Å²) in [5.41, 5.74) is 0.906. The number of nitrogens with zero attached hydrogens (tertiary/aromatic N) is 1. The Balaban J connectivity index is 1.78. The Morgan fingerprint density at radius 3 is 2.16 bits per heavy atom. The number of hydrogen-bond acceptors (Lipinski definition) is 4. The first-order valence-electron chi connectivity index (χ1n) is 6.18. The molecule has 5 heteroatoms. The van der Waals surface area contributed by atoms with E-state index in [-0.39, 0.29) is 29.7 Å². The van der Waals surface area contributed by atoms with Crippen molar-refractivity contribution in [2.45, 2.75) is 18.9 Å². The third-order valence-corrected chi connectivity index (χ3v) is 3.84. The maximum Gasteiger partial charge on any atom is 0.308 e. The van der Waals surface area contributed by atoms with E-state index in [1.807, 2.05) is 0 Å². The molecular weight excluding hydrogens is 246 g/mol. The standard InChI is InChI=1S/C14H13NO4/c1-19-14(18)8-6-9(7-8)15-12(16)10-4-2-3-5-11(10)13(15)17/h2-5,8-9H,6-7H2,1H3/t8-,9-. The van der Waals surface area contributed by atoms with Crippen molar-refractivity contribution in [3.05, 3.63) is 35.4 Å². The van der Waals surface area contributed by atoms with Gasteiger partial charge < -0.3 is 4.74 Å². The molecule has 0 saturated heterocycles. The van der Waals surface area contributed by atoms with E-state index in [1.165, 1.54) is 12.0 Å². The molecule has 1 fully saturated rings. The molecule has 0 N–H and O–H groups in total. The summed E-state index contributed by atoms with van der Waals surface area (Å²) in [5, 5.41) is 0. The average Bonchev–Trinajstić information content (AvgIpc) is 2.62. The maximum atomic E-state index is 12.2. The number of hydrogen-bond donors (Lipinski definition) is 0. The van der Waals surface area contributed by atoms with Gasteiger partial charge in [-0.3, -0.25) is 19.3 Å². The van der Waals surface area contributed by atoms with Gasteiger partial charge in [0.1, 0.15) is 0 Å². The molecule has 1 heterocycles. The smallest absolute Gasteiger partial charge is 0.308 e. The number of amides is 2. The number of benzene rings is 1. The molecule has 1 aliphatic carbocycles. The quantitative estimate of drug-likeness (QED) is 0.592. The van der Waals surface area contributed by atoms with Gasteiger partial charge >= 0.3 is 5.97 Å². The molecule has 0 aromatic heterocycles. The number of carbonyl (C=O) groups is 3. The second-order valence-electron chi connectivity index (χ2n) is 4.87. The highest BCUT2D eigenvalue weighted by atomic mass is 16.5. The van der Waals surface area contributed by atoms with Gasteiger partial charge in [-0.15, -0.1) is 0 Å². The van der Waals surface area contributed by atoms with E-state index in [0.717, 1.165) is 0 Å². The third-order valence-electron chi connectivity index (χ3n) is 3.84. The molecule has 3 rings (SSSR count). The largest absolute Gasteiger partial charge is 0.469 e. The van der Waals surface area contributed by atoms with Crippen LogP contribution in [0.1, 0.15) is 33.6 Å². The normalized spacial score (nSPS) is 25.0. The van der Waals surface area contributed by atoms with Gasteiger partial charge in [0.25, 0.3) is 11.8 Å². The Hall–Kier alpha value is -2.17. The minimum Gasteiger partial charge on any atom is -0.469 e. The minimum atomic E-state index is -0.271. The number of methoxy groups -OCH3 is 1. The van der Waals surface area contributed by atoms with E-state index in [2.05, 4.69) is 4.74 Å². The molecule has 1 aromatic carbocycles. The van der Waals surface area contributed by atoms with E-state index in [1.54, 1.807) is 24.3 Å². The van der Waals surface area contributed by atoms with Gasteiger partial charge in [0.15, 0.2) is 0 Å². The summed E-state index contributed by atoms with van der Waals surface area (Å²) < 4.78 is 4.65. The molecule has 0 atom stereocenters. The predicted molar refractivity (Wildman–Crippen MR) is 65.5 cm³/mol. The first kappa shape index (κ1) is 11.9. The Kier molecular flexibility index (Phi) is 2.62.